The lowest BCUT2D eigenvalue weighted by Gasteiger charge is -2.34. The molecule has 0 radical (unpaired) electrons. The molecule has 180 valence electrons. The van der Waals surface area contributed by atoms with Crippen LogP contribution in [0.2, 0.25) is 5.02 Å². The Morgan fingerprint density at radius 3 is 2.65 bits per heavy atom. The van der Waals surface area contributed by atoms with Crippen LogP contribution in [0.25, 0.3) is 10.3 Å². The molecule has 34 heavy (non-hydrogen) atoms. The molecule has 0 aliphatic carbocycles. The van der Waals surface area contributed by atoms with Gasteiger partial charge in [-0.15, -0.1) is 0 Å². The van der Waals surface area contributed by atoms with Crippen LogP contribution in [0, 0.1) is 5.82 Å². The summed E-state index contributed by atoms with van der Waals surface area (Å²) in [7, 11) is 1.72. The number of hydrogen-bond acceptors (Lipinski definition) is 7. The van der Waals surface area contributed by atoms with E-state index in [9.17, 15) is 14.0 Å². The minimum Gasteiger partial charge on any atom is -0.340 e. The summed E-state index contributed by atoms with van der Waals surface area (Å²) in [6, 6.07) is 7.65. The Hall–Kier alpha value is -3.02. The van der Waals surface area contributed by atoms with Crippen molar-refractivity contribution in [3.05, 3.63) is 41.2 Å². The molecule has 0 unspecified atom stereocenters. The number of pyridine rings is 1. The number of hydrogen-bond donors (Lipinski definition) is 2. The Morgan fingerprint density at radius 1 is 1.18 bits per heavy atom. The summed E-state index contributed by atoms with van der Waals surface area (Å²) in [5.41, 5.74) is 0.985. The first-order valence-electron chi connectivity index (χ1n) is 10.8. The average molecular weight is 506 g/mol. The predicted molar refractivity (Wildman–Crippen MR) is 133 cm³/mol. The molecule has 3 aromatic rings. The van der Waals surface area contributed by atoms with E-state index in [0.29, 0.717) is 58.2 Å². The van der Waals surface area contributed by atoms with Crippen LogP contribution in [0.5, 0.6) is 0 Å². The van der Waals surface area contributed by atoms with E-state index in [-0.39, 0.29) is 11.9 Å². The molecule has 0 bridgehead atoms. The first-order valence-corrected chi connectivity index (χ1v) is 12.0. The van der Waals surface area contributed by atoms with Crippen molar-refractivity contribution in [1.82, 2.24) is 25.1 Å². The van der Waals surface area contributed by atoms with Gasteiger partial charge < -0.3 is 15.1 Å². The van der Waals surface area contributed by atoms with Gasteiger partial charge in [0, 0.05) is 58.3 Å². The van der Waals surface area contributed by atoms with Crippen molar-refractivity contribution in [3.63, 3.8) is 0 Å². The highest BCUT2D eigenvalue weighted by Gasteiger charge is 2.18. The standard InChI is InChI=1S/C22H25ClFN7O2S/c1-14(32)31-11-9-30(10-12-31)8-7-25-21(33)28-22-26-17-4-6-19(27-20(17)34-22)29(2)18-5-3-15(23)13-16(18)24/h3-6,13H,7-12H2,1-2H3,(H2,25,26,28,33). The van der Waals surface area contributed by atoms with Gasteiger partial charge in [-0.05, 0) is 30.3 Å². The molecule has 1 aromatic carbocycles. The largest absolute Gasteiger partial charge is 0.340 e. The third-order valence-electron chi connectivity index (χ3n) is 5.61. The van der Waals surface area contributed by atoms with Gasteiger partial charge >= 0.3 is 6.03 Å². The minimum atomic E-state index is -0.444. The number of halogens is 2. The van der Waals surface area contributed by atoms with E-state index < -0.39 is 5.82 Å². The summed E-state index contributed by atoms with van der Waals surface area (Å²) in [6.07, 6.45) is 0. The third-order valence-corrected chi connectivity index (χ3v) is 6.72. The maximum Gasteiger partial charge on any atom is 0.321 e. The van der Waals surface area contributed by atoms with E-state index in [1.54, 1.807) is 43.1 Å². The number of carbonyl (C=O) groups is 2. The second-order valence-electron chi connectivity index (χ2n) is 7.90. The monoisotopic (exact) mass is 505 g/mol. The molecule has 2 N–H and O–H groups in total. The molecule has 0 saturated carbocycles. The highest BCUT2D eigenvalue weighted by Crippen LogP contribution is 2.30. The summed E-state index contributed by atoms with van der Waals surface area (Å²) in [4.78, 5) is 38.9. The van der Waals surface area contributed by atoms with Gasteiger partial charge in [0.25, 0.3) is 0 Å². The normalized spacial score (nSPS) is 14.3. The van der Waals surface area contributed by atoms with Gasteiger partial charge in [0.15, 0.2) is 5.13 Å². The fraction of sp³-hybridized carbons (Fsp3) is 0.364. The van der Waals surface area contributed by atoms with Gasteiger partial charge in [0.05, 0.1) is 5.69 Å². The van der Waals surface area contributed by atoms with Crippen LogP contribution >= 0.6 is 22.9 Å². The quantitative estimate of drug-likeness (QED) is 0.532. The number of nitrogens with one attached hydrogen (secondary N) is 2. The van der Waals surface area contributed by atoms with Crippen molar-refractivity contribution in [2.24, 2.45) is 0 Å². The number of rotatable bonds is 6. The van der Waals surface area contributed by atoms with Crippen molar-refractivity contribution in [2.75, 3.05) is 56.5 Å². The summed E-state index contributed by atoms with van der Waals surface area (Å²) in [6.45, 7) is 5.78. The van der Waals surface area contributed by atoms with Crippen LogP contribution in [0.3, 0.4) is 0 Å². The van der Waals surface area contributed by atoms with E-state index in [0.717, 1.165) is 13.1 Å². The highest BCUT2D eigenvalue weighted by molar-refractivity contribution is 7.22. The topological polar surface area (TPSA) is 93.7 Å². The fourth-order valence-electron chi connectivity index (χ4n) is 3.68. The van der Waals surface area contributed by atoms with Crippen LogP contribution in [-0.4, -0.2) is 78.0 Å². The molecule has 12 heteroatoms. The van der Waals surface area contributed by atoms with Gasteiger partial charge in [-0.1, -0.05) is 22.9 Å². The van der Waals surface area contributed by atoms with Crippen molar-refractivity contribution in [2.45, 2.75) is 6.92 Å². The summed E-state index contributed by atoms with van der Waals surface area (Å²) in [5.74, 6) is 0.192. The van der Waals surface area contributed by atoms with Crippen LogP contribution in [-0.2, 0) is 4.79 Å². The average Bonchev–Trinajstić information content (AvgIpc) is 3.20. The number of urea groups is 1. The molecule has 2 aromatic heterocycles. The van der Waals surface area contributed by atoms with Crippen molar-refractivity contribution in [3.8, 4) is 0 Å². The molecule has 9 nitrogen and oxygen atoms in total. The Kier molecular flexibility index (Phi) is 7.44. The van der Waals surface area contributed by atoms with Crippen molar-refractivity contribution < 1.29 is 14.0 Å². The number of thiazole rings is 1. The van der Waals surface area contributed by atoms with Crippen molar-refractivity contribution >= 4 is 61.9 Å². The van der Waals surface area contributed by atoms with E-state index in [1.165, 1.54) is 17.4 Å². The highest BCUT2D eigenvalue weighted by atomic mass is 35.5. The van der Waals surface area contributed by atoms with E-state index >= 15 is 0 Å². The second-order valence-corrected chi connectivity index (χ2v) is 9.31. The predicted octanol–water partition coefficient (Wildman–Crippen LogP) is 3.54. The molecule has 1 aliphatic rings. The zero-order valence-electron chi connectivity index (χ0n) is 18.8. The van der Waals surface area contributed by atoms with Gasteiger partial charge in [0.1, 0.15) is 22.0 Å². The van der Waals surface area contributed by atoms with Gasteiger partial charge in [-0.2, -0.15) is 0 Å². The zero-order valence-corrected chi connectivity index (χ0v) is 20.4. The molecule has 3 amide bonds. The zero-order chi connectivity index (χ0) is 24.2. The Morgan fingerprint density at radius 2 is 1.94 bits per heavy atom. The third kappa shape index (κ3) is 5.72. The number of aromatic nitrogens is 2. The number of amides is 3. The van der Waals surface area contributed by atoms with Crippen LogP contribution in [0.15, 0.2) is 30.3 Å². The van der Waals surface area contributed by atoms with Gasteiger partial charge in [-0.3, -0.25) is 15.0 Å². The Labute approximate surface area is 205 Å². The number of piperazine rings is 1. The minimum absolute atomic E-state index is 0.0957. The van der Waals surface area contributed by atoms with Crippen LogP contribution in [0.4, 0.5) is 25.8 Å². The summed E-state index contributed by atoms with van der Waals surface area (Å²) < 4.78 is 14.3. The fourth-order valence-corrected chi connectivity index (χ4v) is 4.67. The maximum absolute atomic E-state index is 14.3. The summed E-state index contributed by atoms with van der Waals surface area (Å²) >= 11 is 7.08. The van der Waals surface area contributed by atoms with Crippen molar-refractivity contribution in [1.29, 1.82) is 0 Å². The van der Waals surface area contributed by atoms with Gasteiger partial charge in [-0.25, -0.2) is 19.2 Å². The van der Waals surface area contributed by atoms with E-state index in [2.05, 4.69) is 25.5 Å². The molecule has 1 saturated heterocycles. The molecule has 4 rings (SSSR count). The van der Waals surface area contributed by atoms with Crippen LogP contribution < -0.4 is 15.5 Å². The number of benzene rings is 1. The molecule has 1 fully saturated rings. The lowest BCUT2D eigenvalue weighted by Crippen LogP contribution is -2.49. The van der Waals surface area contributed by atoms with E-state index in [4.69, 9.17) is 11.6 Å². The summed E-state index contributed by atoms with van der Waals surface area (Å²) in [5, 5.41) is 6.32. The molecular weight excluding hydrogens is 481 g/mol. The molecule has 1 aliphatic heterocycles. The molecule has 0 atom stereocenters. The lowest BCUT2D eigenvalue weighted by molar-refractivity contribution is -0.130. The Balaban J connectivity index is 1.31. The smallest absolute Gasteiger partial charge is 0.321 e. The number of nitrogens with zero attached hydrogens (tertiary/aromatic N) is 5. The molecular formula is C22H25ClFN7O2S. The van der Waals surface area contributed by atoms with E-state index in [1.807, 2.05) is 4.90 Å². The SMILES string of the molecule is CC(=O)N1CCN(CCNC(=O)Nc2nc3ccc(N(C)c4ccc(Cl)cc4F)nc3s2)CC1. The maximum atomic E-state index is 14.3. The number of carbonyl (C=O) groups excluding carboxylic acids is 2. The first kappa shape index (κ1) is 24.1. The molecule has 3 heterocycles. The van der Waals surface area contributed by atoms with Gasteiger partial charge in [0.2, 0.25) is 5.91 Å². The first-order chi connectivity index (χ1) is 16.3. The number of anilines is 3. The molecule has 0 spiro atoms. The number of fused-ring (bicyclic) bond motifs is 1. The Bertz CT molecular complexity index is 1200. The van der Waals surface area contributed by atoms with Crippen LogP contribution in [0.1, 0.15) is 6.92 Å². The lowest BCUT2D eigenvalue weighted by atomic mass is 10.2. The second kappa shape index (κ2) is 10.5.